The standard InChI is InChI=1S/C16H23N3O6S/c1-2-5-19(11-15(20)21)16(22)13-10-12(26(17,23)24)3-4-14(13)18-6-8-25-9-7-18/h3-4,10H,2,5-9,11H2,1H3,(H,20,21)(H2,17,23,24). The van der Waals surface area contributed by atoms with Crippen molar-refractivity contribution in [2.24, 2.45) is 5.14 Å². The van der Waals surface area contributed by atoms with Gasteiger partial charge in [0.25, 0.3) is 5.91 Å². The molecule has 0 aromatic heterocycles. The maximum absolute atomic E-state index is 13.0. The molecule has 9 nitrogen and oxygen atoms in total. The van der Waals surface area contributed by atoms with Crippen LogP contribution in [0, 0.1) is 0 Å². The van der Waals surface area contributed by atoms with Gasteiger partial charge in [0.2, 0.25) is 10.0 Å². The largest absolute Gasteiger partial charge is 0.480 e. The van der Waals surface area contributed by atoms with Crippen LogP contribution in [0.5, 0.6) is 0 Å². The third kappa shape index (κ3) is 4.93. The van der Waals surface area contributed by atoms with Crippen molar-refractivity contribution in [3.05, 3.63) is 23.8 Å². The summed E-state index contributed by atoms with van der Waals surface area (Å²) >= 11 is 0. The molecule has 1 saturated heterocycles. The lowest BCUT2D eigenvalue weighted by atomic mass is 10.1. The van der Waals surface area contributed by atoms with Crippen LogP contribution in [0.15, 0.2) is 23.1 Å². The number of sulfonamides is 1. The van der Waals surface area contributed by atoms with E-state index in [-0.39, 0.29) is 17.0 Å². The van der Waals surface area contributed by atoms with Crippen LogP contribution in [0.25, 0.3) is 0 Å². The van der Waals surface area contributed by atoms with Crippen molar-refractivity contribution in [1.29, 1.82) is 0 Å². The van der Waals surface area contributed by atoms with Crippen LogP contribution in [0.3, 0.4) is 0 Å². The van der Waals surface area contributed by atoms with E-state index in [4.69, 9.17) is 15.0 Å². The Morgan fingerprint density at radius 2 is 1.96 bits per heavy atom. The fourth-order valence-electron chi connectivity index (χ4n) is 2.80. The average Bonchev–Trinajstić information content (AvgIpc) is 2.60. The maximum Gasteiger partial charge on any atom is 0.323 e. The quantitative estimate of drug-likeness (QED) is 0.681. The maximum atomic E-state index is 13.0. The van der Waals surface area contributed by atoms with Crippen molar-refractivity contribution in [3.63, 3.8) is 0 Å². The summed E-state index contributed by atoms with van der Waals surface area (Å²) in [5, 5.41) is 14.3. The Hall–Kier alpha value is -2.17. The van der Waals surface area contributed by atoms with Crippen LogP contribution in [0.2, 0.25) is 0 Å². The zero-order valence-electron chi connectivity index (χ0n) is 14.6. The number of carbonyl (C=O) groups is 2. The number of amides is 1. The van der Waals surface area contributed by atoms with Crippen LogP contribution in [-0.2, 0) is 19.6 Å². The molecule has 0 unspecified atom stereocenters. The summed E-state index contributed by atoms with van der Waals surface area (Å²) in [6.45, 7) is 3.66. The molecule has 0 spiro atoms. The second kappa shape index (κ2) is 8.47. The first-order chi connectivity index (χ1) is 12.2. The number of hydrogen-bond acceptors (Lipinski definition) is 6. The smallest absolute Gasteiger partial charge is 0.323 e. The van der Waals surface area contributed by atoms with Gasteiger partial charge in [0.1, 0.15) is 6.54 Å². The Labute approximate surface area is 152 Å². The molecule has 1 heterocycles. The topological polar surface area (TPSA) is 130 Å². The van der Waals surface area contributed by atoms with E-state index in [0.29, 0.717) is 38.4 Å². The van der Waals surface area contributed by atoms with Gasteiger partial charge in [0, 0.05) is 25.3 Å². The number of aliphatic carboxylic acids is 1. The van der Waals surface area contributed by atoms with Gasteiger partial charge in [-0.25, -0.2) is 13.6 Å². The predicted molar refractivity (Wildman–Crippen MR) is 94.7 cm³/mol. The van der Waals surface area contributed by atoms with E-state index in [0.717, 1.165) is 0 Å². The molecule has 1 aliphatic heterocycles. The van der Waals surface area contributed by atoms with E-state index in [9.17, 15) is 18.0 Å². The molecule has 0 bridgehead atoms. The molecule has 1 aromatic rings. The Kier molecular flexibility index (Phi) is 6.57. The lowest BCUT2D eigenvalue weighted by molar-refractivity contribution is -0.137. The molecule has 1 amide bonds. The number of rotatable bonds is 7. The molecule has 3 N–H and O–H groups in total. The van der Waals surface area contributed by atoms with Crippen molar-refractivity contribution in [3.8, 4) is 0 Å². The van der Waals surface area contributed by atoms with Gasteiger partial charge in [-0.2, -0.15) is 0 Å². The van der Waals surface area contributed by atoms with Crippen LogP contribution in [0.4, 0.5) is 5.69 Å². The van der Waals surface area contributed by atoms with Crippen LogP contribution < -0.4 is 10.0 Å². The molecule has 0 saturated carbocycles. The molecule has 144 valence electrons. The van der Waals surface area contributed by atoms with Crippen LogP contribution >= 0.6 is 0 Å². The van der Waals surface area contributed by atoms with Crippen molar-refractivity contribution >= 4 is 27.6 Å². The number of carboxylic acids is 1. The van der Waals surface area contributed by atoms with Crippen molar-refractivity contribution in [1.82, 2.24) is 4.90 Å². The van der Waals surface area contributed by atoms with E-state index < -0.39 is 28.4 Å². The molecule has 1 aromatic carbocycles. The second-order valence-electron chi connectivity index (χ2n) is 5.94. The van der Waals surface area contributed by atoms with E-state index in [1.807, 2.05) is 11.8 Å². The SMILES string of the molecule is CCCN(CC(=O)O)C(=O)c1cc(S(N)(=O)=O)ccc1N1CCOCC1. The predicted octanol–water partition coefficient (Wildman–Crippen LogP) is 0.107. The lowest BCUT2D eigenvalue weighted by Gasteiger charge is -2.31. The Morgan fingerprint density at radius 3 is 2.50 bits per heavy atom. The molecule has 26 heavy (non-hydrogen) atoms. The summed E-state index contributed by atoms with van der Waals surface area (Å²) in [5.41, 5.74) is 0.658. The summed E-state index contributed by atoms with van der Waals surface area (Å²) in [6, 6.07) is 4.09. The molecule has 10 heteroatoms. The zero-order chi connectivity index (χ0) is 19.3. The van der Waals surface area contributed by atoms with Gasteiger partial charge in [0.15, 0.2) is 0 Å². The summed E-state index contributed by atoms with van der Waals surface area (Å²) in [4.78, 5) is 27.0. The average molecular weight is 385 g/mol. The molecular formula is C16H23N3O6S. The van der Waals surface area contributed by atoms with Gasteiger partial charge in [-0.3, -0.25) is 9.59 Å². The van der Waals surface area contributed by atoms with Gasteiger partial charge in [-0.15, -0.1) is 0 Å². The normalized spacial score (nSPS) is 14.9. The van der Waals surface area contributed by atoms with E-state index in [1.54, 1.807) is 0 Å². The highest BCUT2D eigenvalue weighted by atomic mass is 32.2. The Balaban J connectivity index is 2.49. The van der Waals surface area contributed by atoms with E-state index in [2.05, 4.69) is 0 Å². The van der Waals surface area contributed by atoms with Gasteiger partial charge >= 0.3 is 5.97 Å². The number of nitrogens with zero attached hydrogens (tertiary/aromatic N) is 2. The third-order valence-electron chi connectivity index (χ3n) is 3.99. The first kappa shape index (κ1) is 20.1. The number of carbonyl (C=O) groups excluding carboxylic acids is 1. The molecule has 0 aliphatic carbocycles. The number of hydrogen-bond donors (Lipinski definition) is 2. The number of nitrogens with two attached hydrogens (primary N) is 1. The van der Waals surface area contributed by atoms with Crippen LogP contribution in [-0.4, -0.2) is 69.7 Å². The summed E-state index contributed by atoms with van der Waals surface area (Å²) in [7, 11) is -4.00. The van der Waals surface area contributed by atoms with E-state index >= 15 is 0 Å². The second-order valence-corrected chi connectivity index (χ2v) is 7.51. The number of carboxylic acid groups (broad SMARTS) is 1. The molecular weight excluding hydrogens is 362 g/mol. The number of primary sulfonamides is 1. The first-order valence-electron chi connectivity index (χ1n) is 8.24. The van der Waals surface area contributed by atoms with Crippen molar-refractivity contribution < 1.29 is 27.9 Å². The highest BCUT2D eigenvalue weighted by Gasteiger charge is 2.25. The molecule has 0 atom stereocenters. The van der Waals surface area contributed by atoms with E-state index in [1.165, 1.54) is 23.1 Å². The molecule has 2 rings (SSSR count). The summed E-state index contributed by atoms with van der Waals surface area (Å²) < 4.78 is 28.7. The van der Waals surface area contributed by atoms with Gasteiger partial charge in [0.05, 0.1) is 23.7 Å². The Morgan fingerprint density at radius 1 is 1.31 bits per heavy atom. The van der Waals surface area contributed by atoms with Gasteiger partial charge in [-0.05, 0) is 24.6 Å². The van der Waals surface area contributed by atoms with Gasteiger partial charge in [-0.1, -0.05) is 6.92 Å². The third-order valence-corrected chi connectivity index (χ3v) is 4.90. The fraction of sp³-hybridized carbons (Fsp3) is 0.500. The monoisotopic (exact) mass is 385 g/mol. The molecule has 0 radical (unpaired) electrons. The minimum atomic E-state index is -4.00. The van der Waals surface area contributed by atoms with Gasteiger partial charge < -0.3 is 19.6 Å². The number of benzene rings is 1. The summed E-state index contributed by atoms with van der Waals surface area (Å²) in [6.07, 6.45) is 0.570. The lowest BCUT2D eigenvalue weighted by Crippen LogP contribution is -2.40. The van der Waals surface area contributed by atoms with Crippen LogP contribution in [0.1, 0.15) is 23.7 Å². The van der Waals surface area contributed by atoms with Crippen molar-refractivity contribution in [2.45, 2.75) is 18.2 Å². The minimum absolute atomic E-state index is 0.119. The zero-order valence-corrected chi connectivity index (χ0v) is 15.4. The fourth-order valence-corrected chi connectivity index (χ4v) is 3.34. The van der Waals surface area contributed by atoms with Crippen molar-refractivity contribution in [2.75, 3.05) is 44.3 Å². The first-order valence-corrected chi connectivity index (χ1v) is 9.79. The number of anilines is 1. The Bertz CT molecular complexity index is 774. The number of morpholine rings is 1. The highest BCUT2D eigenvalue weighted by Crippen LogP contribution is 2.26. The summed E-state index contributed by atoms with van der Waals surface area (Å²) in [5.74, 6) is -1.68. The highest BCUT2D eigenvalue weighted by molar-refractivity contribution is 7.89. The minimum Gasteiger partial charge on any atom is -0.480 e. The molecule has 1 aliphatic rings. The number of ether oxygens (including phenoxy) is 1. The molecule has 1 fully saturated rings.